The first kappa shape index (κ1) is 20.0. The van der Waals surface area contributed by atoms with Crippen LogP contribution in [0.4, 0.5) is 10.5 Å². The van der Waals surface area contributed by atoms with Crippen LogP contribution in [0.2, 0.25) is 0 Å². The van der Waals surface area contributed by atoms with E-state index < -0.39 is 11.7 Å². The highest BCUT2D eigenvalue weighted by Gasteiger charge is 2.25. The fraction of sp³-hybridized carbons (Fsp3) is 0.556. The largest absolute Gasteiger partial charge is 0.444 e. The summed E-state index contributed by atoms with van der Waals surface area (Å²) < 4.78 is 6.42. The number of carbonyl (C=O) groups excluding carboxylic acids is 2. The van der Waals surface area contributed by atoms with Crippen LogP contribution in [0.3, 0.4) is 0 Å². The molecule has 0 spiro atoms. The summed E-state index contributed by atoms with van der Waals surface area (Å²) in [6.07, 6.45) is 1.44. The summed E-state index contributed by atoms with van der Waals surface area (Å²) in [6.45, 7) is 7.35. The fourth-order valence-corrected chi connectivity index (χ4v) is 3.09. The summed E-state index contributed by atoms with van der Waals surface area (Å²) in [5.41, 5.74) is 0.289. The second kappa shape index (κ2) is 8.84. The number of alkyl carbamates (subject to hydrolysis) is 1. The van der Waals surface area contributed by atoms with Gasteiger partial charge in [-0.25, -0.2) is 4.79 Å². The van der Waals surface area contributed by atoms with Crippen LogP contribution in [-0.4, -0.2) is 48.2 Å². The zero-order valence-corrected chi connectivity index (χ0v) is 17.1. The van der Waals surface area contributed by atoms with Crippen LogP contribution in [0.25, 0.3) is 0 Å². The van der Waals surface area contributed by atoms with Gasteiger partial charge >= 0.3 is 6.09 Å². The Morgan fingerprint density at radius 2 is 1.96 bits per heavy atom. The van der Waals surface area contributed by atoms with Crippen molar-refractivity contribution < 1.29 is 14.3 Å². The van der Waals surface area contributed by atoms with E-state index in [1.165, 1.54) is 0 Å². The average molecular weight is 459 g/mol. The van der Waals surface area contributed by atoms with E-state index in [9.17, 15) is 9.59 Å². The molecular formula is C18H26IN3O3. The number of rotatable bonds is 4. The number of anilines is 1. The molecule has 0 bridgehead atoms. The predicted molar refractivity (Wildman–Crippen MR) is 107 cm³/mol. The summed E-state index contributed by atoms with van der Waals surface area (Å²) in [6, 6.07) is 7.70. The molecule has 1 fully saturated rings. The zero-order valence-electron chi connectivity index (χ0n) is 15.0. The lowest BCUT2D eigenvalue weighted by atomic mass is 10.1. The van der Waals surface area contributed by atoms with Gasteiger partial charge in [0.25, 0.3) is 0 Å². The number of amides is 2. The Bertz CT molecular complexity index is 599. The van der Waals surface area contributed by atoms with Crippen LogP contribution < -0.4 is 10.6 Å². The van der Waals surface area contributed by atoms with Gasteiger partial charge in [0.2, 0.25) is 5.91 Å². The van der Waals surface area contributed by atoms with Crippen molar-refractivity contribution in [3.8, 4) is 0 Å². The minimum Gasteiger partial charge on any atom is -0.444 e. The first-order valence-electron chi connectivity index (χ1n) is 8.48. The predicted octanol–water partition coefficient (Wildman–Crippen LogP) is 3.22. The second-order valence-electron chi connectivity index (χ2n) is 7.28. The van der Waals surface area contributed by atoms with Crippen LogP contribution in [0.1, 0.15) is 33.6 Å². The minimum atomic E-state index is -0.508. The van der Waals surface area contributed by atoms with Crippen LogP contribution in [0.5, 0.6) is 0 Å². The molecule has 7 heteroatoms. The van der Waals surface area contributed by atoms with Crippen LogP contribution in [-0.2, 0) is 9.53 Å². The second-order valence-corrected chi connectivity index (χ2v) is 8.52. The van der Waals surface area contributed by atoms with E-state index in [1.807, 2.05) is 45.0 Å². The molecule has 2 amide bonds. The molecular weight excluding hydrogens is 433 g/mol. The van der Waals surface area contributed by atoms with E-state index in [2.05, 4.69) is 38.1 Å². The van der Waals surface area contributed by atoms with E-state index in [0.29, 0.717) is 13.1 Å². The van der Waals surface area contributed by atoms with E-state index in [-0.39, 0.29) is 11.9 Å². The molecule has 1 atom stereocenters. The Morgan fingerprint density at radius 3 is 2.60 bits per heavy atom. The van der Waals surface area contributed by atoms with Gasteiger partial charge in [0.15, 0.2) is 0 Å². The maximum Gasteiger partial charge on any atom is 0.407 e. The number of piperidine rings is 1. The molecule has 0 saturated carbocycles. The minimum absolute atomic E-state index is 0.00898. The molecule has 2 rings (SSSR count). The molecule has 1 aliphatic rings. The first-order chi connectivity index (χ1) is 11.7. The standard InChI is InChI=1S/C18H26IN3O3/c1-18(2,3)25-17(24)21-15-5-4-10-22(11-15)12-16(23)20-14-8-6-13(19)7-9-14/h6-9,15H,4-5,10-12H2,1-3H3,(H,20,23)(H,21,24)/t15-/m1/s1. The Hall–Kier alpha value is -1.35. The van der Waals surface area contributed by atoms with Crippen LogP contribution in [0.15, 0.2) is 24.3 Å². The van der Waals surface area contributed by atoms with Gasteiger partial charge in [0.05, 0.1) is 6.54 Å². The van der Waals surface area contributed by atoms with Crippen molar-refractivity contribution >= 4 is 40.3 Å². The zero-order chi connectivity index (χ0) is 18.4. The normalized spacial score (nSPS) is 18.5. The molecule has 0 aliphatic carbocycles. The van der Waals surface area contributed by atoms with Crippen molar-refractivity contribution in [3.63, 3.8) is 0 Å². The quantitative estimate of drug-likeness (QED) is 0.679. The van der Waals surface area contributed by atoms with Crippen molar-refractivity contribution in [2.24, 2.45) is 0 Å². The number of nitrogens with one attached hydrogen (secondary N) is 2. The summed E-state index contributed by atoms with van der Waals surface area (Å²) >= 11 is 2.23. The number of hydrogen-bond acceptors (Lipinski definition) is 4. The maximum atomic E-state index is 12.2. The molecule has 1 aliphatic heterocycles. The average Bonchev–Trinajstić information content (AvgIpc) is 2.48. The Kier molecular flexibility index (Phi) is 7.06. The van der Waals surface area contributed by atoms with Gasteiger partial charge in [0.1, 0.15) is 5.60 Å². The molecule has 1 aromatic rings. The SMILES string of the molecule is CC(C)(C)OC(=O)N[C@@H]1CCCN(CC(=O)Nc2ccc(I)cc2)C1. The van der Waals surface area contributed by atoms with Crippen molar-refractivity contribution in [2.75, 3.05) is 25.0 Å². The lowest BCUT2D eigenvalue weighted by Gasteiger charge is -2.33. The molecule has 0 radical (unpaired) electrons. The molecule has 0 aromatic heterocycles. The molecule has 1 heterocycles. The first-order valence-corrected chi connectivity index (χ1v) is 9.56. The fourth-order valence-electron chi connectivity index (χ4n) is 2.73. The van der Waals surface area contributed by atoms with E-state index in [1.54, 1.807) is 0 Å². The molecule has 6 nitrogen and oxygen atoms in total. The number of carbonyl (C=O) groups is 2. The monoisotopic (exact) mass is 459 g/mol. The highest BCUT2D eigenvalue weighted by molar-refractivity contribution is 14.1. The molecule has 1 saturated heterocycles. The maximum absolute atomic E-state index is 12.2. The molecule has 25 heavy (non-hydrogen) atoms. The highest BCUT2D eigenvalue weighted by atomic mass is 127. The lowest BCUT2D eigenvalue weighted by molar-refractivity contribution is -0.117. The van der Waals surface area contributed by atoms with Crippen molar-refractivity contribution in [1.29, 1.82) is 0 Å². The van der Waals surface area contributed by atoms with Gasteiger partial charge in [-0.2, -0.15) is 0 Å². The summed E-state index contributed by atoms with van der Waals surface area (Å²) in [7, 11) is 0. The Balaban J connectivity index is 1.79. The number of halogens is 1. The van der Waals surface area contributed by atoms with E-state index in [0.717, 1.165) is 28.6 Å². The highest BCUT2D eigenvalue weighted by Crippen LogP contribution is 2.14. The third kappa shape index (κ3) is 7.60. The number of hydrogen-bond donors (Lipinski definition) is 2. The number of ether oxygens (including phenoxy) is 1. The number of likely N-dealkylation sites (tertiary alicyclic amines) is 1. The van der Waals surface area contributed by atoms with Gasteiger partial charge in [-0.1, -0.05) is 0 Å². The van der Waals surface area contributed by atoms with Gasteiger partial charge in [-0.3, -0.25) is 9.69 Å². The molecule has 2 N–H and O–H groups in total. The molecule has 0 unspecified atom stereocenters. The third-order valence-corrected chi connectivity index (χ3v) is 4.44. The van der Waals surface area contributed by atoms with E-state index >= 15 is 0 Å². The van der Waals surface area contributed by atoms with Crippen molar-refractivity contribution in [2.45, 2.75) is 45.3 Å². The number of benzene rings is 1. The van der Waals surface area contributed by atoms with Gasteiger partial charge in [-0.15, -0.1) is 0 Å². The smallest absolute Gasteiger partial charge is 0.407 e. The summed E-state index contributed by atoms with van der Waals surface area (Å²) in [5, 5.41) is 5.81. The number of nitrogens with zero attached hydrogens (tertiary/aromatic N) is 1. The lowest BCUT2D eigenvalue weighted by Crippen LogP contribution is -2.50. The summed E-state index contributed by atoms with van der Waals surface area (Å²) in [4.78, 5) is 26.2. The van der Waals surface area contributed by atoms with Gasteiger partial charge < -0.3 is 15.4 Å². The van der Waals surface area contributed by atoms with Crippen molar-refractivity contribution in [1.82, 2.24) is 10.2 Å². The molecule has 1 aromatic carbocycles. The van der Waals surface area contributed by atoms with Crippen LogP contribution >= 0.6 is 22.6 Å². The third-order valence-electron chi connectivity index (χ3n) is 3.72. The van der Waals surface area contributed by atoms with E-state index in [4.69, 9.17) is 4.74 Å². The molecule has 138 valence electrons. The Morgan fingerprint density at radius 1 is 1.28 bits per heavy atom. The van der Waals surface area contributed by atoms with Gasteiger partial charge in [0, 0.05) is 21.8 Å². The Labute approximate surface area is 162 Å². The summed E-state index contributed by atoms with van der Waals surface area (Å²) in [5.74, 6) is -0.0425. The van der Waals surface area contributed by atoms with Crippen LogP contribution in [0, 0.1) is 3.57 Å². The van der Waals surface area contributed by atoms with Crippen molar-refractivity contribution in [3.05, 3.63) is 27.8 Å². The topological polar surface area (TPSA) is 70.7 Å². The van der Waals surface area contributed by atoms with Gasteiger partial charge in [-0.05, 0) is 87.0 Å².